The topological polar surface area (TPSA) is 68.9 Å². The van der Waals surface area contributed by atoms with Gasteiger partial charge in [-0.2, -0.15) is 0 Å². The van der Waals surface area contributed by atoms with Gasteiger partial charge in [-0.05, 0) is 6.42 Å². The van der Waals surface area contributed by atoms with Crippen LogP contribution in [0.15, 0.2) is 4.79 Å². The molecule has 1 rings (SSSR count). The van der Waals surface area contributed by atoms with Crippen molar-refractivity contribution in [1.82, 2.24) is 10.2 Å². The molecule has 0 saturated carbocycles. The maximum atomic E-state index is 11.0. The number of rotatable bonds is 3. The lowest BCUT2D eigenvalue weighted by Gasteiger charge is -1.94. The van der Waals surface area contributed by atoms with Crippen molar-refractivity contribution in [1.29, 1.82) is 0 Å². The van der Waals surface area contributed by atoms with Crippen LogP contribution < -0.4 is 5.56 Å². The molecule has 0 spiro atoms. The van der Waals surface area contributed by atoms with Crippen LogP contribution in [0.25, 0.3) is 0 Å². The number of hydrogen-bond acceptors (Lipinski definition) is 2. The molecule has 0 atom stereocenters. The van der Waals surface area contributed by atoms with Gasteiger partial charge >= 0.3 is 0 Å². The Morgan fingerprint density at radius 1 is 1.45 bits per heavy atom. The Balaban J connectivity index is 2.97. The fourth-order valence-corrected chi connectivity index (χ4v) is 1.10. The molecular formula is C7H12N2O2. The summed E-state index contributed by atoms with van der Waals surface area (Å²) >= 11 is 0. The maximum Gasteiger partial charge on any atom is 0.267 e. The summed E-state index contributed by atoms with van der Waals surface area (Å²) < 4.78 is 0. The van der Waals surface area contributed by atoms with Crippen LogP contribution >= 0.6 is 0 Å². The molecule has 0 unspecified atom stereocenters. The molecule has 3 N–H and O–H groups in total. The van der Waals surface area contributed by atoms with E-state index in [1.807, 2.05) is 6.92 Å². The van der Waals surface area contributed by atoms with Crippen molar-refractivity contribution in [2.45, 2.75) is 19.8 Å². The standard InChI is InChI=1S/C7H12N2O2/c1-2-6-5(3-4-10)7(11)9-8-6/h10H,2-4H2,1H3,(H2,8,9,11). The average Bonchev–Trinajstić information content (AvgIpc) is 2.34. The lowest BCUT2D eigenvalue weighted by Crippen LogP contribution is -2.08. The van der Waals surface area contributed by atoms with E-state index in [-0.39, 0.29) is 12.2 Å². The number of aliphatic hydroxyl groups excluding tert-OH is 1. The number of aryl methyl sites for hydroxylation is 1. The van der Waals surface area contributed by atoms with Crippen LogP contribution in [0.4, 0.5) is 0 Å². The first-order valence-corrected chi connectivity index (χ1v) is 3.68. The fraction of sp³-hybridized carbons (Fsp3) is 0.571. The molecule has 4 nitrogen and oxygen atoms in total. The minimum absolute atomic E-state index is 0.0218. The van der Waals surface area contributed by atoms with Crippen LogP contribution in [-0.2, 0) is 12.8 Å². The van der Waals surface area contributed by atoms with Crippen LogP contribution in [-0.4, -0.2) is 21.9 Å². The van der Waals surface area contributed by atoms with Crippen LogP contribution in [0.1, 0.15) is 18.2 Å². The lowest BCUT2D eigenvalue weighted by molar-refractivity contribution is 0.299. The molecule has 0 bridgehead atoms. The van der Waals surface area contributed by atoms with E-state index in [4.69, 9.17) is 5.11 Å². The van der Waals surface area contributed by atoms with E-state index >= 15 is 0 Å². The van der Waals surface area contributed by atoms with Gasteiger partial charge in [0.25, 0.3) is 5.56 Å². The Morgan fingerprint density at radius 3 is 2.73 bits per heavy atom. The van der Waals surface area contributed by atoms with Crippen LogP contribution in [0.2, 0.25) is 0 Å². The third kappa shape index (κ3) is 1.51. The fourth-order valence-electron chi connectivity index (χ4n) is 1.10. The summed E-state index contributed by atoms with van der Waals surface area (Å²) in [5.41, 5.74) is 1.45. The van der Waals surface area contributed by atoms with Crippen molar-refractivity contribution >= 4 is 0 Å². The van der Waals surface area contributed by atoms with Crippen molar-refractivity contribution < 1.29 is 5.11 Å². The average molecular weight is 156 g/mol. The summed E-state index contributed by atoms with van der Waals surface area (Å²) in [4.78, 5) is 11.0. The molecule has 0 saturated heterocycles. The summed E-state index contributed by atoms with van der Waals surface area (Å²) in [6, 6.07) is 0. The van der Waals surface area contributed by atoms with Gasteiger partial charge in [0.2, 0.25) is 0 Å². The van der Waals surface area contributed by atoms with Gasteiger partial charge in [0.1, 0.15) is 0 Å². The van der Waals surface area contributed by atoms with Gasteiger partial charge in [-0.3, -0.25) is 9.89 Å². The molecule has 0 fully saturated rings. The van der Waals surface area contributed by atoms with Gasteiger partial charge in [0.05, 0.1) is 0 Å². The van der Waals surface area contributed by atoms with E-state index < -0.39 is 0 Å². The van der Waals surface area contributed by atoms with E-state index in [0.717, 1.165) is 12.1 Å². The number of H-pyrrole nitrogens is 2. The molecule has 0 amide bonds. The molecule has 4 heteroatoms. The zero-order valence-corrected chi connectivity index (χ0v) is 6.48. The number of aromatic nitrogens is 2. The highest BCUT2D eigenvalue weighted by atomic mass is 16.3. The third-order valence-electron chi connectivity index (χ3n) is 1.68. The predicted octanol–water partition coefficient (Wildman–Crippen LogP) is -0.200. The van der Waals surface area contributed by atoms with Crippen molar-refractivity contribution in [3.05, 3.63) is 21.6 Å². The SMILES string of the molecule is CCc1[nH][nH]c(=O)c1CCO. The van der Waals surface area contributed by atoms with Gasteiger partial charge in [-0.15, -0.1) is 0 Å². The first-order chi connectivity index (χ1) is 5.29. The van der Waals surface area contributed by atoms with E-state index in [1.165, 1.54) is 0 Å². The third-order valence-corrected chi connectivity index (χ3v) is 1.68. The second kappa shape index (κ2) is 3.39. The monoisotopic (exact) mass is 156 g/mol. The van der Waals surface area contributed by atoms with E-state index in [1.54, 1.807) is 0 Å². The minimum atomic E-state index is -0.115. The van der Waals surface area contributed by atoms with Crippen LogP contribution in [0.3, 0.4) is 0 Å². The molecule has 0 aliphatic rings. The smallest absolute Gasteiger partial charge is 0.267 e. The highest BCUT2D eigenvalue weighted by molar-refractivity contribution is 5.16. The Morgan fingerprint density at radius 2 is 2.18 bits per heavy atom. The molecule has 11 heavy (non-hydrogen) atoms. The summed E-state index contributed by atoms with van der Waals surface area (Å²) in [5.74, 6) is 0. The van der Waals surface area contributed by atoms with Gasteiger partial charge in [-0.1, -0.05) is 6.92 Å². The van der Waals surface area contributed by atoms with Crippen molar-refractivity contribution in [3.8, 4) is 0 Å². The van der Waals surface area contributed by atoms with E-state index in [9.17, 15) is 4.79 Å². The molecule has 1 aromatic rings. The van der Waals surface area contributed by atoms with Gasteiger partial charge < -0.3 is 10.2 Å². The lowest BCUT2D eigenvalue weighted by atomic mass is 10.1. The number of hydrogen-bond donors (Lipinski definition) is 3. The molecule has 0 aliphatic carbocycles. The van der Waals surface area contributed by atoms with Crippen LogP contribution in [0.5, 0.6) is 0 Å². The summed E-state index contributed by atoms with van der Waals surface area (Å²) in [5, 5.41) is 13.9. The van der Waals surface area contributed by atoms with Crippen LogP contribution in [0, 0.1) is 0 Å². The second-order valence-electron chi connectivity index (χ2n) is 2.36. The summed E-state index contributed by atoms with van der Waals surface area (Å²) in [6.45, 7) is 1.98. The van der Waals surface area contributed by atoms with Gasteiger partial charge in [-0.25, -0.2) is 0 Å². The molecule has 0 aliphatic heterocycles. The Hall–Kier alpha value is -1.03. The zero-order valence-electron chi connectivity index (χ0n) is 6.48. The van der Waals surface area contributed by atoms with Crippen molar-refractivity contribution in [3.63, 3.8) is 0 Å². The molecular weight excluding hydrogens is 144 g/mol. The minimum Gasteiger partial charge on any atom is -0.396 e. The van der Waals surface area contributed by atoms with Gasteiger partial charge in [0.15, 0.2) is 0 Å². The van der Waals surface area contributed by atoms with Gasteiger partial charge in [0, 0.05) is 24.3 Å². The summed E-state index contributed by atoms with van der Waals surface area (Å²) in [7, 11) is 0. The molecule has 1 heterocycles. The highest BCUT2D eigenvalue weighted by Gasteiger charge is 2.05. The van der Waals surface area contributed by atoms with Crippen molar-refractivity contribution in [2.75, 3.05) is 6.61 Å². The zero-order chi connectivity index (χ0) is 8.27. The first-order valence-electron chi connectivity index (χ1n) is 3.68. The Bertz CT molecular complexity index is 274. The number of nitrogens with one attached hydrogen (secondary N) is 2. The molecule has 0 radical (unpaired) electrons. The Labute approximate surface area is 64.2 Å². The quantitative estimate of drug-likeness (QED) is 0.567. The number of aliphatic hydroxyl groups is 1. The molecule has 1 aromatic heterocycles. The summed E-state index contributed by atoms with van der Waals surface area (Å²) in [6.07, 6.45) is 1.22. The largest absolute Gasteiger partial charge is 0.396 e. The predicted molar refractivity (Wildman–Crippen MR) is 41.6 cm³/mol. The maximum absolute atomic E-state index is 11.0. The first kappa shape index (κ1) is 8.07. The number of aromatic amines is 2. The normalized spacial score (nSPS) is 10.4. The highest BCUT2D eigenvalue weighted by Crippen LogP contribution is 1.99. The molecule has 0 aromatic carbocycles. The van der Waals surface area contributed by atoms with E-state index in [0.29, 0.717) is 12.0 Å². The van der Waals surface area contributed by atoms with Crippen molar-refractivity contribution in [2.24, 2.45) is 0 Å². The van der Waals surface area contributed by atoms with E-state index in [2.05, 4.69) is 10.2 Å². The Kier molecular flexibility index (Phi) is 2.48. The molecule has 62 valence electrons. The second-order valence-corrected chi connectivity index (χ2v) is 2.36.